The molecule has 0 aromatic carbocycles. The third kappa shape index (κ3) is 4.65. The van der Waals surface area contributed by atoms with E-state index in [0.29, 0.717) is 6.29 Å². The highest BCUT2D eigenvalue weighted by Crippen LogP contribution is 2.06. The first-order chi connectivity index (χ1) is 7.08. The second-order valence-electron chi connectivity index (χ2n) is 2.99. The van der Waals surface area contributed by atoms with E-state index in [2.05, 4.69) is 0 Å². The largest absolute Gasteiger partial charge is 0.394 e. The first-order valence-corrected chi connectivity index (χ1v) is 4.50. The zero-order valence-corrected chi connectivity index (χ0v) is 8.19. The molecule has 0 amide bonds. The van der Waals surface area contributed by atoms with E-state index in [4.69, 9.17) is 20.7 Å². The van der Waals surface area contributed by atoms with E-state index in [9.17, 15) is 15.0 Å². The molecule has 0 aromatic rings. The summed E-state index contributed by atoms with van der Waals surface area (Å²) in [6.45, 7) is -0.515. The van der Waals surface area contributed by atoms with Gasteiger partial charge in [-0.15, -0.1) is 0 Å². The molecule has 0 saturated heterocycles. The number of hydrogen-bond donors (Lipinski definition) is 5. The van der Waals surface area contributed by atoms with Crippen molar-refractivity contribution in [3.05, 3.63) is 0 Å². The van der Waals surface area contributed by atoms with Crippen LogP contribution in [0, 0.1) is 0 Å². The van der Waals surface area contributed by atoms with Gasteiger partial charge in [0.15, 0.2) is 6.29 Å². The van der Waals surface area contributed by atoms with E-state index in [0.717, 1.165) is 0 Å². The van der Waals surface area contributed by atoms with E-state index in [1.165, 1.54) is 0 Å². The molecule has 15 heavy (non-hydrogen) atoms. The molecule has 0 aliphatic rings. The normalized spacial score (nSPS) is 19.3. The Hall–Kier alpha value is -0.570. The van der Waals surface area contributed by atoms with Gasteiger partial charge in [0.2, 0.25) is 0 Å². The Kier molecular flexibility index (Phi) is 7.39. The van der Waals surface area contributed by atoms with Crippen LogP contribution in [0.15, 0.2) is 0 Å². The van der Waals surface area contributed by atoms with Gasteiger partial charge < -0.3 is 35.7 Å². The minimum atomic E-state index is -1.65. The van der Waals surface area contributed by atoms with E-state index in [-0.39, 0.29) is 13.2 Å². The molecule has 0 bridgehead atoms. The number of nitrogens with two attached hydrogens (primary N) is 1. The van der Waals surface area contributed by atoms with Crippen LogP contribution in [0.1, 0.15) is 0 Å². The average molecular weight is 223 g/mol. The summed E-state index contributed by atoms with van der Waals surface area (Å²) < 4.78 is 4.82. The fraction of sp³-hybridized carbons (Fsp3) is 0.875. The quantitative estimate of drug-likeness (QED) is 0.271. The van der Waals surface area contributed by atoms with Crippen molar-refractivity contribution >= 4 is 6.29 Å². The predicted molar refractivity (Wildman–Crippen MR) is 50.0 cm³/mol. The summed E-state index contributed by atoms with van der Waals surface area (Å²) in [5.74, 6) is 0. The van der Waals surface area contributed by atoms with Crippen LogP contribution < -0.4 is 5.73 Å². The second kappa shape index (κ2) is 7.69. The van der Waals surface area contributed by atoms with Crippen molar-refractivity contribution in [2.75, 3.05) is 19.8 Å². The van der Waals surface area contributed by atoms with Gasteiger partial charge in [-0.1, -0.05) is 0 Å². The molecule has 7 heteroatoms. The number of ether oxygens (including phenoxy) is 1. The molecule has 4 atom stereocenters. The van der Waals surface area contributed by atoms with E-state index < -0.39 is 31.0 Å². The van der Waals surface area contributed by atoms with E-state index in [1.54, 1.807) is 0 Å². The molecule has 0 spiro atoms. The highest BCUT2D eigenvalue weighted by Gasteiger charge is 2.31. The van der Waals surface area contributed by atoms with Gasteiger partial charge >= 0.3 is 0 Å². The van der Waals surface area contributed by atoms with Crippen molar-refractivity contribution in [1.29, 1.82) is 0 Å². The lowest BCUT2D eigenvalue weighted by Crippen LogP contribution is -2.47. The zero-order valence-electron chi connectivity index (χ0n) is 8.19. The molecule has 7 nitrogen and oxygen atoms in total. The van der Waals surface area contributed by atoms with Crippen LogP contribution in [-0.4, -0.2) is 70.9 Å². The van der Waals surface area contributed by atoms with Crippen molar-refractivity contribution in [3.8, 4) is 0 Å². The summed E-state index contributed by atoms with van der Waals surface area (Å²) in [5.41, 5.74) is 5.12. The summed E-state index contributed by atoms with van der Waals surface area (Å²) in [5, 5.41) is 36.2. The zero-order chi connectivity index (χ0) is 11.8. The van der Waals surface area contributed by atoms with Crippen LogP contribution in [0.25, 0.3) is 0 Å². The van der Waals surface area contributed by atoms with Gasteiger partial charge in [-0.3, -0.25) is 0 Å². The molecular weight excluding hydrogens is 206 g/mol. The number of aliphatic hydroxyl groups excluding tert-OH is 4. The molecule has 0 heterocycles. The second-order valence-corrected chi connectivity index (χ2v) is 2.99. The molecule has 0 unspecified atom stereocenters. The maximum atomic E-state index is 10.5. The Morgan fingerprint density at radius 2 is 1.87 bits per heavy atom. The predicted octanol–water partition coefficient (Wildman–Crippen LogP) is -3.40. The number of aldehydes is 1. The van der Waals surface area contributed by atoms with Gasteiger partial charge in [-0.05, 0) is 0 Å². The Balaban J connectivity index is 4.23. The molecule has 0 fully saturated rings. The highest BCUT2D eigenvalue weighted by molar-refractivity contribution is 5.57. The van der Waals surface area contributed by atoms with Crippen molar-refractivity contribution in [1.82, 2.24) is 0 Å². The molecule has 90 valence electrons. The maximum Gasteiger partial charge on any atom is 0.151 e. The monoisotopic (exact) mass is 223 g/mol. The van der Waals surface area contributed by atoms with Gasteiger partial charge in [0.05, 0.1) is 13.2 Å². The molecule has 0 rings (SSSR count). The third-order valence-electron chi connectivity index (χ3n) is 1.83. The smallest absolute Gasteiger partial charge is 0.151 e. The fourth-order valence-electron chi connectivity index (χ4n) is 0.952. The summed E-state index contributed by atoms with van der Waals surface area (Å²) >= 11 is 0. The Bertz CT molecular complexity index is 179. The molecule has 0 radical (unpaired) electrons. The van der Waals surface area contributed by atoms with Crippen molar-refractivity contribution in [2.45, 2.75) is 24.4 Å². The number of carbonyl (C=O) groups excluding carboxylic acids is 1. The Labute approximate surface area is 87.1 Å². The molecule has 0 aliphatic heterocycles. The lowest BCUT2D eigenvalue weighted by atomic mass is 10.0. The summed E-state index contributed by atoms with van der Waals surface area (Å²) in [4.78, 5) is 10.5. The first-order valence-electron chi connectivity index (χ1n) is 4.50. The van der Waals surface area contributed by atoms with Gasteiger partial charge in [0.1, 0.15) is 24.4 Å². The third-order valence-corrected chi connectivity index (χ3v) is 1.83. The van der Waals surface area contributed by atoms with Crippen molar-refractivity contribution in [2.24, 2.45) is 5.73 Å². The topological polar surface area (TPSA) is 133 Å². The van der Waals surface area contributed by atoms with Gasteiger partial charge in [-0.25, -0.2) is 0 Å². The molecular formula is C8H17NO6. The van der Waals surface area contributed by atoms with Gasteiger partial charge in [0.25, 0.3) is 0 Å². The Morgan fingerprint density at radius 1 is 1.27 bits per heavy atom. The highest BCUT2D eigenvalue weighted by atomic mass is 16.5. The standard InChI is InChI=1S/C8H17NO6/c9-1-2-15-6(4-11)8(14)7(13)5(12)3-10/h4-8,10,12-14H,1-3,9H2/t5-,6-,7-,8-/m1/s1. The minimum absolute atomic E-state index is 0.0441. The van der Waals surface area contributed by atoms with Gasteiger partial charge in [-0.2, -0.15) is 0 Å². The van der Waals surface area contributed by atoms with Crippen LogP contribution in [-0.2, 0) is 9.53 Å². The van der Waals surface area contributed by atoms with Crippen LogP contribution in [0.2, 0.25) is 0 Å². The van der Waals surface area contributed by atoms with Crippen molar-refractivity contribution in [3.63, 3.8) is 0 Å². The maximum absolute atomic E-state index is 10.5. The lowest BCUT2D eigenvalue weighted by Gasteiger charge is -2.25. The van der Waals surface area contributed by atoms with Crippen LogP contribution in [0.4, 0.5) is 0 Å². The molecule has 6 N–H and O–H groups in total. The average Bonchev–Trinajstić information content (AvgIpc) is 2.27. The molecule has 0 saturated carbocycles. The fourth-order valence-corrected chi connectivity index (χ4v) is 0.952. The molecule has 0 aromatic heterocycles. The summed E-state index contributed by atoms with van der Waals surface area (Å²) in [6, 6.07) is 0. The number of carbonyl (C=O) groups is 1. The molecule has 0 aliphatic carbocycles. The van der Waals surface area contributed by atoms with E-state index >= 15 is 0 Å². The van der Waals surface area contributed by atoms with E-state index in [1.807, 2.05) is 0 Å². The first kappa shape index (κ1) is 14.4. The minimum Gasteiger partial charge on any atom is -0.394 e. The summed E-state index contributed by atoms with van der Waals surface area (Å²) in [6.07, 6.45) is -5.75. The number of hydrogen-bond acceptors (Lipinski definition) is 7. The number of aliphatic hydroxyl groups is 4. The van der Waals surface area contributed by atoms with Crippen LogP contribution in [0.3, 0.4) is 0 Å². The van der Waals surface area contributed by atoms with Gasteiger partial charge in [0, 0.05) is 6.54 Å². The van der Waals surface area contributed by atoms with Crippen LogP contribution >= 0.6 is 0 Å². The lowest BCUT2D eigenvalue weighted by molar-refractivity contribution is -0.145. The van der Waals surface area contributed by atoms with Crippen LogP contribution in [0.5, 0.6) is 0 Å². The summed E-state index contributed by atoms with van der Waals surface area (Å²) in [7, 11) is 0. The number of rotatable bonds is 8. The Morgan fingerprint density at radius 3 is 2.27 bits per heavy atom. The van der Waals surface area contributed by atoms with Crippen molar-refractivity contribution < 1.29 is 30.0 Å². The SMILES string of the molecule is NCCO[C@H](C=O)[C@@H](O)[C@H](O)[C@H](O)CO.